The number of halogens is 1. The molecule has 0 spiro atoms. The summed E-state index contributed by atoms with van der Waals surface area (Å²) < 4.78 is 13.7. The van der Waals surface area contributed by atoms with Gasteiger partial charge in [0.1, 0.15) is 5.82 Å². The highest BCUT2D eigenvalue weighted by atomic mass is 19.1. The van der Waals surface area contributed by atoms with E-state index >= 15 is 0 Å². The van der Waals surface area contributed by atoms with Crippen LogP contribution in [0.2, 0.25) is 0 Å². The highest BCUT2D eigenvalue weighted by molar-refractivity contribution is 5.80. The molecule has 0 heterocycles. The average Bonchev–Trinajstić information content (AvgIpc) is 2.61. The van der Waals surface area contributed by atoms with Crippen molar-refractivity contribution in [3.8, 4) is 0 Å². The van der Waals surface area contributed by atoms with E-state index in [0.29, 0.717) is 18.1 Å². The molecule has 0 aliphatic rings. The van der Waals surface area contributed by atoms with Crippen molar-refractivity contribution in [2.75, 3.05) is 26.0 Å². The monoisotopic (exact) mass is 342 g/mol. The first-order valence-corrected chi connectivity index (χ1v) is 8.40. The van der Waals surface area contributed by atoms with Gasteiger partial charge in [0.2, 0.25) is 0 Å². The molecule has 0 aliphatic heterocycles. The van der Waals surface area contributed by atoms with Gasteiger partial charge in [-0.05, 0) is 48.7 Å². The Balaban J connectivity index is 1.94. The van der Waals surface area contributed by atoms with Gasteiger partial charge in [-0.25, -0.2) is 4.39 Å². The largest absolute Gasteiger partial charge is 0.378 e. The van der Waals surface area contributed by atoms with Gasteiger partial charge in [0.25, 0.3) is 0 Å². The second-order valence-electron chi connectivity index (χ2n) is 6.36. The zero-order chi connectivity index (χ0) is 18.4. The second kappa shape index (κ2) is 8.51. The minimum absolute atomic E-state index is 0.0441. The van der Waals surface area contributed by atoms with Crippen LogP contribution in [-0.2, 0) is 6.54 Å². The molecule has 2 aromatic carbocycles. The van der Waals surface area contributed by atoms with Gasteiger partial charge in [-0.3, -0.25) is 4.99 Å². The van der Waals surface area contributed by atoms with E-state index in [1.165, 1.54) is 11.3 Å². The lowest BCUT2D eigenvalue weighted by Crippen LogP contribution is -2.38. The van der Waals surface area contributed by atoms with Crippen LogP contribution in [0.4, 0.5) is 10.1 Å². The van der Waals surface area contributed by atoms with Gasteiger partial charge in [0, 0.05) is 33.4 Å². The molecule has 2 rings (SSSR count). The molecule has 2 aromatic rings. The van der Waals surface area contributed by atoms with Crippen molar-refractivity contribution < 1.29 is 4.39 Å². The smallest absolute Gasteiger partial charge is 0.191 e. The summed E-state index contributed by atoms with van der Waals surface area (Å²) >= 11 is 0. The SMILES string of the molecule is CN=C(NCc1ccc(N(C)C)cc1)NC(C)c1ccc(C)c(F)c1. The van der Waals surface area contributed by atoms with Crippen LogP contribution in [0, 0.1) is 12.7 Å². The van der Waals surface area contributed by atoms with Gasteiger partial charge in [-0.1, -0.05) is 24.3 Å². The second-order valence-corrected chi connectivity index (χ2v) is 6.36. The number of benzene rings is 2. The first-order chi connectivity index (χ1) is 11.9. The summed E-state index contributed by atoms with van der Waals surface area (Å²) in [5, 5.41) is 6.59. The quantitative estimate of drug-likeness (QED) is 0.644. The van der Waals surface area contributed by atoms with E-state index in [4.69, 9.17) is 0 Å². The van der Waals surface area contributed by atoms with Crippen molar-refractivity contribution in [2.24, 2.45) is 4.99 Å². The highest BCUT2D eigenvalue weighted by Gasteiger charge is 2.09. The van der Waals surface area contributed by atoms with Crippen molar-refractivity contribution in [3.63, 3.8) is 0 Å². The van der Waals surface area contributed by atoms with Crippen molar-refractivity contribution >= 4 is 11.6 Å². The molecule has 5 heteroatoms. The number of anilines is 1. The van der Waals surface area contributed by atoms with Gasteiger partial charge in [0.05, 0.1) is 6.04 Å². The van der Waals surface area contributed by atoms with E-state index in [1.54, 1.807) is 26.1 Å². The molecule has 1 unspecified atom stereocenters. The Morgan fingerprint density at radius 1 is 1.16 bits per heavy atom. The van der Waals surface area contributed by atoms with Gasteiger partial charge in [-0.2, -0.15) is 0 Å². The maximum absolute atomic E-state index is 13.7. The predicted octanol–water partition coefficient (Wildman–Crippen LogP) is 3.63. The van der Waals surface area contributed by atoms with Crippen molar-refractivity contribution in [1.29, 1.82) is 0 Å². The summed E-state index contributed by atoms with van der Waals surface area (Å²) in [4.78, 5) is 6.32. The number of guanidine groups is 1. The Kier molecular flexibility index (Phi) is 6.39. The van der Waals surface area contributed by atoms with E-state index in [9.17, 15) is 4.39 Å². The zero-order valence-electron chi connectivity index (χ0n) is 15.6. The summed E-state index contributed by atoms with van der Waals surface area (Å²) in [6.07, 6.45) is 0. The van der Waals surface area contributed by atoms with Crippen LogP contribution in [0.3, 0.4) is 0 Å². The number of rotatable bonds is 5. The molecule has 0 aromatic heterocycles. The van der Waals surface area contributed by atoms with Crippen molar-refractivity contribution in [2.45, 2.75) is 26.4 Å². The molecular weight excluding hydrogens is 315 g/mol. The first kappa shape index (κ1) is 18.8. The molecule has 0 radical (unpaired) electrons. The van der Waals surface area contributed by atoms with E-state index in [2.05, 4.69) is 44.8 Å². The van der Waals surface area contributed by atoms with E-state index in [0.717, 1.165) is 5.56 Å². The maximum Gasteiger partial charge on any atom is 0.191 e. The summed E-state index contributed by atoms with van der Waals surface area (Å²) in [6.45, 7) is 4.42. The molecule has 0 saturated carbocycles. The van der Waals surface area contributed by atoms with E-state index in [-0.39, 0.29) is 11.9 Å². The molecule has 0 saturated heterocycles. The molecule has 0 amide bonds. The third-order valence-electron chi connectivity index (χ3n) is 4.19. The molecule has 0 aliphatic carbocycles. The topological polar surface area (TPSA) is 39.7 Å². The molecule has 1 atom stereocenters. The summed E-state index contributed by atoms with van der Waals surface area (Å²) in [6, 6.07) is 13.6. The van der Waals surface area contributed by atoms with Gasteiger partial charge < -0.3 is 15.5 Å². The van der Waals surface area contributed by atoms with Gasteiger partial charge >= 0.3 is 0 Å². The van der Waals surface area contributed by atoms with Gasteiger partial charge in [0.15, 0.2) is 5.96 Å². The van der Waals surface area contributed by atoms with Crippen molar-refractivity contribution in [3.05, 3.63) is 65.0 Å². The highest BCUT2D eigenvalue weighted by Crippen LogP contribution is 2.16. The van der Waals surface area contributed by atoms with Crippen LogP contribution in [-0.4, -0.2) is 27.1 Å². The molecule has 2 N–H and O–H groups in total. The van der Waals surface area contributed by atoms with Crippen LogP contribution in [0.25, 0.3) is 0 Å². The predicted molar refractivity (Wildman–Crippen MR) is 104 cm³/mol. The fourth-order valence-electron chi connectivity index (χ4n) is 2.46. The molecule has 134 valence electrons. The Hall–Kier alpha value is -2.56. The lowest BCUT2D eigenvalue weighted by atomic mass is 10.1. The Bertz CT molecular complexity index is 723. The number of nitrogens with one attached hydrogen (secondary N) is 2. The number of aryl methyl sites for hydroxylation is 1. The third-order valence-corrected chi connectivity index (χ3v) is 4.19. The van der Waals surface area contributed by atoms with Crippen LogP contribution in [0.1, 0.15) is 29.7 Å². The van der Waals surface area contributed by atoms with Crippen LogP contribution >= 0.6 is 0 Å². The zero-order valence-corrected chi connectivity index (χ0v) is 15.6. The lowest BCUT2D eigenvalue weighted by molar-refractivity contribution is 0.607. The number of hydrogen-bond acceptors (Lipinski definition) is 2. The minimum atomic E-state index is -0.185. The van der Waals surface area contributed by atoms with Crippen LogP contribution in [0.5, 0.6) is 0 Å². The Labute approximate surface area is 149 Å². The molecule has 0 fully saturated rings. The first-order valence-electron chi connectivity index (χ1n) is 8.40. The fourth-order valence-corrected chi connectivity index (χ4v) is 2.46. The molecule has 25 heavy (non-hydrogen) atoms. The Morgan fingerprint density at radius 2 is 1.84 bits per heavy atom. The van der Waals surface area contributed by atoms with Crippen molar-refractivity contribution in [1.82, 2.24) is 10.6 Å². The molecule has 4 nitrogen and oxygen atoms in total. The molecular formula is C20H27FN4. The fraction of sp³-hybridized carbons (Fsp3) is 0.350. The average molecular weight is 342 g/mol. The lowest BCUT2D eigenvalue weighted by Gasteiger charge is -2.19. The standard InChI is InChI=1S/C20H27FN4/c1-14-6-9-17(12-19(14)21)15(2)24-20(22-3)23-13-16-7-10-18(11-8-16)25(4)5/h6-12,15H,13H2,1-5H3,(H2,22,23,24). The van der Waals surface area contributed by atoms with E-state index in [1.807, 2.05) is 27.1 Å². The minimum Gasteiger partial charge on any atom is -0.378 e. The van der Waals surface area contributed by atoms with Crippen LogP contribution < -0.4 is 15.5 Å². The van der Waals surface area contributed by atoms with Crippen LogP contribution in [0.15, 0.2) is 47.5 Å². The normalized spacial score (nSPS) is 12.6. The van der Waals surface area contributed by atoms with E-state index < -0.39 is 0 Å². The number of hydrogen-bond donors (Lipinski definition) is 2. The maximum atomic E-state index is 13.7. The Morgan fingerprint density at radius 3 is 2.40 bits per heavy atom. The molecule has 0 bridgehead atoms. The third kappa shape index (κ3) is 5.21. The summed E-state index contributed by atoms with van der Waals surface area (Å²) in [7, 11) is 5.77. The number of aliphatic imine (C=N–C) groups is 1. The summed E-state index contributed by atoms with van der Waals surface area (Å²) in [5.74, 6) is 0.500. The van der Waals surface area contributed by atoms with Gasteiger partial charge in [-0.15, -0.1) is 0 Å². The number of nitrogens with zero attached hydrogens (tertiary/aromatic N) is 2. The summed E-state index contributed by atoms with van der Waals surface area (Å²) in [5.41, 5.74) is 3.88.